The first-order chi connectivity index (χ1) is 9.77. The molecule has 0 atom stereocenters. The Balaban J connectivity index is 2.48. The van der Waals surface area contributed by atoms with Gasteiger partial charge in [0.05, 0.1) is 4.90 Å². The highest BCUT2D eigenvalue weighted by Gasteiger charge is 2.34. The molecule has 1 aliphatic carbocycles. The zero-order valence-corrected chi connectivity index (χ0v) is 15.7. The lowest BCUT2D eigenvalue weighted by molar-refractivity contribution is 0.341. The lowest BCUT2D eigenvalue weighted by atomic mass is 10.2. The van der Waals surface area contributed by atoms with Gasteiger partial charge in [0.2, 0.25) is 10.0 Å². The molecule has 2 rings (SSSR count). The van der Waals surface area contributed by atoms with Crippen molar-refractivity contribution in [2.75, 3.05) is 6.54 Å². The summed E-state index contributed by atoms with van der Waals surface area (Å²) in [5, 5.41) is 0. The Morgan fingerprint density at radius 1 is 1.38 bits per heavy atom. The smallest absolute Gasteiger partial charge is 0.207 e. The van der Waals surface area contributed by atoms with E-state index in [1.165, 1.54) is 0 Å². The van der Waals surface area contributed by atoms with Crippen LogP contribution in [0.25, 0.3) is 0 Å². The van der Waals surface area contributed by atoms with E-state index in [-0.39, 0.29) is 6.04 Å². The minimum atomic E-state index is -3.51. The van der Waals surface area contributed by atoms with E-state index < -0.39 is 10.0 Å². The van der Waals surface area contributed by atoms with E-state index in [1.54, 1.807) is 10.4 Å². The molecule has 6 heteroatoms. The molecule has 1 saturated carbocycles. The van der Waals surface area contributed by atoms with Gasteiger partial charge in [-0.25, -0.2) is 8.42 Å². The predicted octanol–water partition coefficient (Wildman–Crippen LogP) is 4.31. The standard InChI is InChI=1S/C15H21BrClNO2S/c1-10(2)18(9-12-4-5-12)21(19,20)14-7-13(8-17)6-11(3)15(14)16/h6-7,10,12H,4-5,8-9H2,1-3H3. The molecule has 118 valence electrons. The molecule has 0 bridgehead atoms. The molecule has 0 aromatic heterocycles. The van der Waals surface area contributed by atoms with Crippen LogP contribution >= 0.6 is 27.5 Å². The molecular formula is C15H21BrClNO2S. The van der Waals surface area contributed by atoms with Crippen molar-refractivity contribution in [3.05, 3.63) is 27.7 Å². The summed E-state index contributed by atoms with van der Waals surface area (Å²) in [6.45, 7) is 6.34. The largest absolute Gasteiger partial charge is 0.244 e. The van der Waals surface area contributed by atoms with Crippen LogP contribution in [0.2, 0.25) is 0 Å². The summed E-state index contributed by atoms with van der Waals surface area (Å²) in [6.07, 6.45) is 2.25. The van der Waals surface area contributed by atoms with Crippen molar-refractivity contribution in [2.45, 2.75) is 50.4 Å². The Morgan fingerprint density at radius 2 is 2.00 bits per heavy atom. The number of sulfonamides is 1. The molecule has 0 amide bonds. The van der Waals surface area contributed by atoms with E-state index in [0.29, 0.717) is 27.7 Å². The molecular weight excluding hydrogens is 374 g/mol. The van der Waals surface area contributed by atoms with Crippen molar-refractivity contribution in [1.82, 2.24) is 4.31 Å². The van der Waals surface area contributed by atoms with Crippen LogP contribution in [0.15, 0.2) is 21.5 Å². The number of halogens is 2. The molecule has 0 unspecified atom stereocenters. The molecule has 1 aliphatic rings. The van der Waals surface area contributed by atoms with E-state index >= 15 is 0 Å². The van der Waals surface area contributed by atoms with Gasteiger partial charge in [0.1, 0.15) is 0 Å². The molecule has 0 saturated heterocycles. The fourth-order valence-electron chi connectivity index (χ4n) is 2.34. The van der Waals surface area contributed by atoms with Gasteiger partial charge in [0.15, 0.2) is 0 Å². The van der Waals surface area contributed by atoms with Gasteiger partial charge in [-0.2, -0.15) is 4.31 Å². The predicted molar refractivity (Wildman–Crippen MR) is 90.2 cm³/mol. The van der Waals surface area contributed by atoms with Crippen LogP contribution in [-0.4, -0.2) is 25.3 Å². The third-order valence-electron chi connectivity index (χ3n) is 3.73. The van der Waals surface area contributed by atoms with Crippen LogP contribution in [0, 0.1) is 12.8 Å². The summed E-state index contributed by atoms with van der Waals surface area (Å²) in [4.78, 5) is 0.326. The third-order valence-corrected chi connectivity index (χ3v) is 7.42. The van der Waals surface area contributed by atoms with Gasteiger partial charge in [-0.1, -0.05) is 6.07 Å². The quantitative estimate of drug-likeness (QED) is 0.674. The van der Waals surface area contributed by atoms with Gasteiger partial charge in [0.25, 0.3) is 0 Å². The number of hydrogen-bond donors (Lipinski definition) is 0. The van der Waals surface area contributed by atoms with Crippen LogP contribution in [0.3, 0.4) is 0 Å². The summed E-state index contributed by atoms with van der Waals surface area (Å²) in [5.41, 5.74) is 1.72. The molecule has 0 N–H and O–H groups in total. The Hall–Kier alpha value is -0.100. The highest BCUT2D eigenvalue weighted by Crippen LogP contribution is 2.35. The van der Waals surface area contributed by atoms with Gasteiger partial charge in [-0.3, -0.25) is 0 Å². The van der Waals surface area contributed by atoms with E-state index in [9.17, 15) is 8.42 Å². The lowest BCUT2D eigenvalue weighted by Crippen LogP contribution is -2.38. The third kappa shape index (κ3) is 3.81. The van der Waals surface area contributed by atoms with E-state index in [2.05, 4.69) is 15.9 Å². The normalized spacial score (nSPS) is 16.0. The van der Waals surface area contributed by atoms with E-state index in [0.717, 1.165) is 24.0 Å². The SMILES string of the molecule is Cc1cc(CCl)cc(S(=O)(=O)N(CC2CC2)C(C)C)c1Br. The number of benzene rings is 1. The summed E-state index contributed by atoms with van der Waals surface area (Å²) >= 11 is 9.32. The lowest BCUT2D eigenvalue weighted by Gasteiger charge is -2.27. The second-order valence-corrected chi connectivity index (χ2v) is 8.89. The van der Waals surface area contributed by atoms with Gasteiger partial charge in [-0.15, -0.1) is 11.6 Å². The zero-order valence-electron chi connectivity index (χ0n) is 12.6. The monoisotopic (exact) mass is 393 g/mol. The highest BCUT2D eigenvalue weighted by molar-refractivity contribution is 9.10. The molecule has 1 aromatic carbocycles. The first kappa shape index (κ1) is 17.3. The van der Waals surface area contributed by atoms with Crippen LogP contribution in [0.4, 0.5) is 0 Å². The molecule has 0 radical (unpaired) electrons. The van der Waals surface area contributed by atoms with Gasteiger partial charge >= 0.3 is 0 Å². The molecule has 0 heterocycles. The minimum Gasteiger partial charge on any atom is -0.207 e. The number of alkyl halides is 1. The van der Waals surface area contributed by atoms with E-state index in [4.69, 9.17) is 11.6 Å². The molecule has 0 aliphatic heterocycles. The first-order valence-electron chi connectivity index (χ1n) is 7.14. The van der Waals surface area contributed by atoms with Crippen LogP contribution in [0.1, 0.15) is 37.8 Å². The number of hydrogen-bond acceptors (Lipinski definition) is 2. The fraction of sp³-hybridized carbons (Fsp3) is 0.600. The minimum absolute atomic E-state index is 0.0533. The van der Waals surface area contributed by atoms with Crippen LogP contribution < -0.4 is 0 Å². The Kier molecular flexibility index (Phi) is 5.40. The van der Waals surface area contributed by atoms with Crippen molar-refractivity contribution in [2.24, 2.45) is 5.92 Å². The van der Waals surface area contributed by atoms with Crippen molar-refractivity contribution < 1.29 is 8.42 Å². The zero-order chi connectivity index (χ0) is 15.8. The number of rotatable bonds is 6. The highest BCUT2D eigenvalue weighted by atomic mass is 79.9. The molecule has 0 spiro atoms. The maximum absolute atomic E-state index is 13.0. The van der Waals surface area contributed by atoms with Crippen molar-refractivity contribution >= 4 is 37.6 Å². The molecule has 3 nitrogen and oxygen atoms in total. The Morgan fingerprint density at radius 3 is 2.48 bits per heavy atom. The number of aryl methyl sites for hydroxylation is 1. The fourth-order valence-corrected chi connectivity index (χ4v) is 5.24. The van der Waals surface area contributed by atoms with Gasteiger partial charge in [-0.05, 0) is 72.7 Å². The van der Waals surface area contributed by atoms with Gasteiger partial charge < -0.3 is 0 Å². The summed E-state index contributed by atoms with van der Waals surface area (Å²) in [5.74, 6) is 0.819. The average molecular weight is 395 g/mol. The maximum Gasteiger partial charge on any atom is 0.244 e. The second kappa shape index (κ2) is 6.57. The molecule has 21 heavy (non-hydrogen) atoms. The first-order valence-corrected chi connectivity index (χ1v) is 9.91. The Bertz CT molecular complexity index is 627. The summed E-state index contributed by atoms with van der Waals surface area (Å²) < 4.78 is 28.3. The van der Waals surface area contributed by atoms with Crippen LogP contribution in [-0.2, 0) is 15.9 Å². The topological polar surface area (TPSA) is 37.4 Å². The van der Waals surface area contributed by atoms with Crippen molar-refractivity contribution in [3.8, 4) is 0 Å². The Labute approximate surface area is 140 Å². The molecule has 1 fully saturated rings. The van der Waals surface area contributed by atoms with E-state index in [1.807, 2.05) is 26.8 Å². The van der Waals surface area contributed by atoms with Crippen molar-refractivity contribution in [3.63, 3.8) is 0 Å². The average Bonchev–Trinajstić information content (AvgIpc) is 3.22. The van der Waals surface area contributed by atoms with Gasteiger partial charge in [0, 0.05) is 22.9 Å². The molecule has 1 aromatic rings. The summed E-state index contributed by atoms with van der Waals surface area (Å²) in [7, 11) is -3.51. The second-order valence-electron chi connectivity index (χ2n) is 5.97. The van der Waals surface area contributed by atoms with Crippen LogP contribution in [0.5, 0.6) is 0 Å². The number of nitrogens with zero attached hydrogens (tertiary/aromatic N) is 1. The van der Waals surface area contributed by atoms with Crippen molar-refractivity contribution in [1.29, 1.82) is 0 Å². The summed E-state index contributed by atoms with van der Waals surface area (Å²) in [6, 6.07) is 3.54. The maximum atomic E-state index is 13.0.